The molecule has 0 radical (unpaired) electrons. The van der Waals surface area contributed by atoms with Gasteiger partial charge < -0.3 is 14.7 Å². The van der Waals surface area contributed by atoms with E-state index in [1.165, 1.54) is 0 Å². The Balaban J connectivity index is 0.00000252. The van der Waals surface area contributed by atoms with Gasteiger partial charge in [0.2, 0.25) is 0 Å². The molecule has 0 aliphatic heterocycles. The molecule has 0 aliphatic carbocycles. The van der Waals surface area contributed by atoms with Crippen LogP contribution >= 0.6 is 0 Å². The third-order valence-electron chi connectivity index (χ3n) is 6.91. The van der Waals surface area contributed by atoms with Crippen LogP contribution in [0.1, 0.15) is 19.9 Å². The number of pyridine rings is 1. The minimum absolute atomic E-state index is 0. The third kappa shape index (κ3) is 3.57. The monoisotopic (exact) mass is 662 g/mol. The molecule has 0 saturated carbocycles. The van der Waals surface area contributed by atoms with Crippen molar-refractivity contribution in [2.45, 2.75) is 19.9 Å². The second-order valence-electron chi connectivity index (χ2n) is 9.45. The molecule has 0 fully saturated rings. The van der Waals surface area contributed by atoms with Gasteiger partial charge in [-0.2, -0.15) is 0 Å². The number of hydrogen-bond acceptors (Lipinski definition) is 3. The largest absolute Gasteiger partial charge is 0.656 e. The van der Waals surface area contributed by atoms with Crippen molar-refractivity contribution in [3.63, 3.8) is 0 Å². The van der Waals surface area contributed by atoms with E-state index in [2.05, 4.69) is 60.9 Å². The fourth-order valence-electron chi connectivity index (χ4n) is 5.30. The maximum Gasteiger partial charge on any atom is 0.141 e. The number of phenolic OH excluding ortho intramolecular Hbond substituents is 1. The zero-order valence-corrected chi connectivity index (χ0v) is 22.6. The van der Waals surface area contributed by atoms with Gasteiger partial charge in [-0.3, -0.25) is 0 Å². The van der Waals surface area contributed by atoms with E-state index in [1.54, 1.807) is 6.07 Å². The van der Waals surface area contributed by atoms with Crippen molar-refractivity contribution in [1.29, 1.82) is 0 Å². The van der Waals surface area contributed by atoms with Gasteiger partial charge in [0, 0.05) is 43.6 Å². The molecule has 3 heterocycles. The van der Waals surface area contributed by atoms with E-state index in [9.17, 15) is 5.11 Å². The van der Waals surface area contributed by atoms with Crippen LogP contribution in [-0.4, -0.2) is 19.6 Å². The van der Waals surface area contributed by atoms with E-state index in [0.29, 0.717) is 5.52 Å². The summed E-state index contributed by atoms with van der Waals surface area (Å²) in [7, 11) is 0. The molecule has 1 N–H and O–H groups in total. The molecule has 6 heteroatoms. The summed E-state index contributed by atoms with van der Waals surface area (Å²) in [6.45, 7) is 4.36. The Morgan fingerprint density at radius 1 is 0.730 bits per heavy atom. The minimum atomic E-state index is 0. The minimum Gasteiger partial charge on any atom is -0.656 e. The predicted molar refractivity (Wildman–Crippen MR) is 146 cm³/mol. The number of imidazole rings is 1. The van der Waals surface area contributed by atoms with Gasteiger partial charge in [0.15, 0.2) is 0 Å². The molecule has 4 aromatic carbocycles. The first-order chi connectivity index (χ1) is 17.6. The number of phenols is 1. The van der Waals surface area contributed by atoms with Crippen LogP contribution in [0.15, 0.2) is 91.0 Å². The van der Waals surface area contributed by atoms with Crippen molar-refractivity contribution in [3.8, 4) is 28.4 Å². The molecule has 0 atom stereocenters. The van der Waals surface area contributed by atoms with Gasteiger partial charge in [-0.05, 0) is 42.8 Å². The van der Waals surface area contributed by atoms with E-state index >= 15 is 0 Å². The van der Waals surface area contributed by atoms with Crippen molar-refractivity contribution in [2.24, 2.45) is 0 Å². The van der Waals surface area contributed by atoms with Gasteiger partial charge in [-0.1, -0.05) is 72.8 Å². The van der Waals surface area contributed by atoms with Gasteiger partial charge >= 0.3 is 0 Å². The normalized spacial score (nSPS) is 11.6. The Hall–Kier alpha value is -3.95. The zero-order chi connectivity index (χ0) is 24.4. The van der Waals surface area contributed by atoms with E-state index in [4.69, 9.17) is 15.0 Å². The number of benzene rings is 4. The van der Waals surface area contributed by atoms with Crippen molar-refractivity contribution in [3.05, 3.63) is 91.0 Å². The second kappa shape index (κ2) is 8.86. The Morgan fingerprint density at radius 3 is 2.35 bits per heavy atom. The van der Waals surface area contributed by atoms with Crippen molar-refractivity contribution < 1.29 is 26.2 Å². The number of aromatic nitrogens is 4. The summed E-state index contributed by atoms with van der Waals surface area (Å²) in [5.41, 5.74) is 7.22. The van der Waals surface area contributed by atoms with Crippen molar-refractivity contribution in [1.82, 2.24) is 19.5 Å². The average Bonchev–Trinajstić information content (AvgIpc) is 3.47. The predicted octanol–water partition coefficient (Wildman–Crippen LogP) is 7.47. The van der Waals surface area contributed by atoms with Gasteiger partial charge in [0.25, 0.3) is 0 Å². The first-order valence-electron chi connectivity index (χ1n) is 12.1. The fourth-order valence-corrected chi connectivity index (χ4v) is 5.30. The molecule has 0 unspecified atom stereocenters. The summed E-state index contributed by atoms with van der Waals surface area (Å²) < 4.78 is 2.28. The summed E-state index contributed by atoms with van der Waals surface area (Å²) in [6.07, 6.45) is 0. The smallest absolute Gasteiger partial charge is 0.141 e. The molecule has 184 valence electrons. The quantitative estimate of drug-likeness (QED) is 0.213. The molecule has 5 nitrogen and oxygen atoms in total. The summed E-state index contributed by atoms with van der Waals surface area (Å²) in [5, 5.41) is 13.6. The Morgan fingerprint density at radius 2 is 1.49 bits per heavy atom. The van der Waals surface area contributed by atoms with Crippen LogP contribution in [0.3, 0.4) is 0 Å². The Bertz CT molecular complexity index is 1950. The SMILES string of the molecule is CC(C)n1c(-c2cccc3c2[n-]c2ccccc23)nc2c(-c3ccc4cccc(O)c4n3)cccc21.[Pt]. The van der Waals surface area contributed by atoms with Gasteiger partial charge in [-0.15, -0.1) is 11.0 Å². The molecule has 0 spiro atoms. The first kappa shape index (κ1) is 23.4. The van der Waals surface area contributed by atoms with Gasteiger partial charge in [-0.25, -0.2) is 9.97 Å². The van der Waals surface area contributed by atoms with E-state index < -0.39 is 0 Å². The first-order valence-corrected chi connectivity index (χ1v) is 12.1. The van der Waals surface area contributed by atoms with Crippen LogP contribution < -0.4 is 4.98 Å². The number of fused-ring (bicyclic) bond motifs is 5. The van der Waals surface area contributed by atoms with Crippen LogP contribution in [0.2, 0.25) is 0 Å². The maximum absolute atomic E-state index is 10.4. The Labute approximate surface area is 228 Å². The summed E-state index contributed by atoms with van der Waals surface area (Å²) in [6, 6.07) is 30.4. The average molecular weight is 663 g/mol. The van der Waals surface area contributed by atoms with E-state index in [1.807, 2.05) is 42.5 Å². The van der Waals surface area contributed by atoms with Crippen LogP contribution in [0.5, 0.6) is 5.75 Å². The van der Waals surface area contributed by atoms with Crippen molar-refractivity contribution >= 4 is 43.7 Å². The van der Waals surface area contributed by atoms with Crippen LogP contribution in [0, 0.1) is 0 Å². The van der Waals surface area contributed by atoms with Crippen LogP contribution in [0.4, 0.5) is 0 Å². The molecule has 0 bridgehead atoms. The summed E-state index contributed by atoms with van der Waals surface area (Å²) in [5.74, 6) is 1.07. The molecule has 7 rings (SSSR count). The number of aromatic hydroxyl groups is 1. The molecule has 7 aromatic rings. The van der Waals surface area contributed by atoms with Crippen molar-refractivity contribution in [2.75, 3.05) is 0 Å². The molecule has 0 amide bonds. The van der Waals surface area contributed by atoms with Gasteiger partial charge in [0.05, 0.1) is 16.7 Å². The standard InChI is InChI=1S/C31H23N4O.Pt/c1-18(2)35-26-14-7-11-22(25-17-16-19-8-5-15-27(36)28(19)32-25)30(26)34-31(35)23-12-6-10-21-20-9-3-4-13-24(20)33-29(21)23;/h3-18H,1-2H3,(H-,32,33,34,36);/q-1;. The van der Waals surface area contributed by atoms with Crippen LogP contribution in [-0.2, 0) is 21.1 Å². The molecular weight excluding hydrogens is 639 g/mol. The number of para-hydroxylation sites is 4. The van der Waals surface area contributed by atoms with Gasteiger partial charge in [0.1, 0.15) is 17.1 Å². The molecule has 0 saturated heterocycles. The number of rotatable bonds is 3. The number of hydrogen-bond donors (Lipinski definition) is 1. The maximum atomic E-state index is 10.4. The number of nitrogens with zero attached hydrogens (tertiary/aromatic N) is 4. The molecule has 3 aromatic heterocycles. The molecule has 37 heavy (non-hydrogen) atoms. The van der Waals surface area contributed by atoms with E-state index in [-0.39, 0.29) is 32.9 Å². The summed E-state index contributed by atoms with van der Waals surface area (Å²) >= 11 is 0. The molecule has 0 aliphatic rings. The second-order valence-corrected chi connectivity index (χ2v) is 9.45. The Kier molecular flexibility index (Phi) is 5.62. The van der Waals surface area contributed by atoms with Crippen LogP contribution in [0.25, 0.3) is 66.4 Å². The topological polar surface area (TPSA) is 65.0 Å². The summed E-state index contributed by atoms with van der Waals surface area (Å²) in [4.78, 5) is 15.0. The zero-order valence-electron chi connectivity index (χ0n) is 20.3. The van der Waals surface area contributed by atoms with E-state index in [0.717, 1.165) is 60.9 Å². The fraction of sp³-hybridized carbons (Fsp3) is 0.0968. The third-order valence-corrected chi connectivity index (χ3v) is 6.91. The molecular formula is C31H23N4OPt-.